The molecule has 1 aromatic rings. The zero-order valence-corrected chi connectivity index (χ0v) is 12.2. The minimum Gasteiger partial charge on any atom is -0.443 e. The summed E-state index contributed by atoms with van der Waals surface area (Å²) in [6.45, 7) is 5.23. The molecule has 0 N–H and O–H groups in total. The highest BCUT2D eigenvalue weighted by Crippen LogP contribution is 2.30. The summed E-state index contributed by atoms with van der Waals surface area (Å²) in [4.78, 5) is 28.9. The number of pyridine rings is 1. The number of rotatable bonds is 0. The van der Waals surface area contributed by atoms with Crippen LogP contribution in [0.1, 0.15) is 36.7 Å². The molecule has 1 aliphatic rings. The molecule has 2 heterocycles. The van der Waals surface area contributed by atoms with Gasteiger partial charge in [-0.1, -0.05) is 23.2 Å². The molecule has 0 aliphatic carbocycles. The molecule has 0 saturated heterocycles. The van der Waals surface area contributed by atoms with Crippen LogP contribution in [-0.2, 0) is 11.3 Å². The molecular formula is C12H12Cl2N2O3. The van der Waals surface area contributed by atoms with Crippen molar-refractivity contribution in [3.63, 3.8) is 0 Å². The second-order valence-electron chi connectivity index (χ2n) is 5.13. The Morgan fingerprint density at radius 3 is 2.63 bits per heavy atom. The van der Waals surface area contributed by atoms with Gasteiger partial charge in [-0.15, -0.1) is 0 Å². The van der Waals surface area contributed by atoms with Crippen LogP contribution >= 0.6 is 23.2 Å². The zero-order chi connectivity index (χ0) is 14.4. The second kappa shape index (κ2) is 4.65. The molecule has 0 radical (unpaired) electrons. The predicted molar refractivity (Wildman–Crippen MR) is 70.4 cm³/mol. The van der Waals surface area contributed by atoms with E-state index in [4.69, 9.17) is 27.9 Å². The van der Waals surface area contributed by atoms with Crippen LogP contribution in [0.25, 0.3) is 0 Å². The monoisotopic (exact) mass is 302 g/mol. The van der Waals surface area contributed by atoms with Gasteiger partial charge in [0.15, 0.2) is 0 Å². The molecule has 0 bridgehead atoms. The van der Waals surface area contributed by atoms with Crippen molar-refractivity contribution in [2.75, 3.05) is 0 Å². The van der Waals surface area contributed by atoms with E-state index >= 15 is 0 Å². The number of fused-ring (bicyclic) bond motifs is 1. The van der Waals surface area contributed by atoms with Crippen molar-refractivity contribution in [3.8, 4) is 0 Å². The Bertz CT molecular complexity index is 567. The van der Waals surface area contributed by atoms with Crippen LogP contribution in [0.15, 0.2) is 6.07 Å². The summed E-state index contributed by atoms with van der Waals surface area (Å²) in [7, 11) is 0. The van der Waals surface area contributed by atoms with Crippen molar-refractivity contribution in [2.45, 2.75) is 32.9 Å². The van der Waals surface area contributed by atoms with E-state index in [0.29, 0.717) is 5.56 Å². The summed E-state index contributed by atoms with van der Waals surface area (Å²) in [5.41, 5.74) is 0.101. The standard InChI is InChI=1S/C12H12Cl2N2O3/c1-12(2,3)19-11(18)16-5-7-6(10(16)17)4-8(13)15-9(7)14/h4H,5H2,1-3H3. The lowest BCUT2D eigenvalue weighted by Crippen LogP contribution is -2.36. The minimum atomic E-state index is -0.708. The number of amides is 2. The van der Waals surface area contributed by atoms with Gasteiger partial charge >= 0.3 is 6.09 Å². The molecule has 1 aromatic heterocycles. The van der Waals surface area contributed by atoms with Crippen molar-refractivity contribution in [2.24, 2.45) is 0 Å². The van der Waals surface area contributed by atoms with Crippen LogP contribution in [0, 0.1) is 0 Å². The van der Waals surface area contributed by atoms with E-state index in [9.17, 15) is 9.59 Å². The number of ether oxygens (including phenoxy) is 1. The minimum absolute atomic E-state index is 0.0477. The molecule has 5 nitrogen and oxygen atoms in total. The number of aromatic nitrogens is 1. The van der Waals surface area contributed by atoms with E-state index < -0.39 is 17.6 Å². The van der Waals surface area contributed by atoms with E-state index in [1.54, 1.807) is 20.8 Å². The summed E-state index contributed by atoms with van der Waals surface area (Å²) < 4.78 is 5.16. The molecular weight excluding hydrogens is 291 g/mol. The third-order valence-corrected chi connectivity index (χ3v) is 2.95. The van der Waals surface area contributed by atoms with Crippen LogP contribution in [0.2, 0.25) is 10.3 Å². The number of carbonyl (C=O) groups excluding carboxylic acids is 2. The van der Waals surface area contributed by atoms with E-state index in [1.165, 1.54) is 6.07 Å². The number of carbonyl (C=O) groups is 2. The van der Waals surface area contributed by atoms with Gasteiger partial charge in [-0.3, -0.25) is 4.79 Å². The van der Waals surface area contributed by atoms with Gasteiger partial charge in [0.25, 0.3) is 5.91 Å². The van der Waals surface area contributed by atoms with Crippen LogP contribution in [0.4, 0.5) is 4.79 Å². The second-order valence-corrected chi connectivity index (χ2v) is 5.88. The summed E-state index contributed by atoms with van der Waals surface area (Å²) in [6.07, 6.45) is -0.708. The fraction of sp³-hybridized carbons (Fsp3) is 0.417. The normalized spacial score (nSPS) is 14.6. The Morgan fingerprint density at radius 1 is 1.42 bits per heavy atom. The third kappa shape index (κ3) is 2.82. The number of hydrogen-bond donors (Lipinski definition) is 0. The maximum atomic E-state index is 12.1. The molecule has 2 rings (SSSR count). The van der Waals surface area contributed by atoms with Gasteiger partial charge in [-0.2, -0.15) is 0 Å². The Morgan fingerprint density at radius 2 is 2.05 bits per heavy atom. The van der Waals surface area contributed by atoms with Crippen LogP contribution in [0.5, 0.6) is 0 Å². The molecule has 7 heteroatoms. The molecule has 1 aliphatic heterocycles. The average molecular weight is 303 g/mol. The van der Waals surface area contributed by atoms with Crippen molar-refractivity contribution in [1.82, 2.24) is 9.88 Å². The Hall–Kier alpha value is -1.33. The topological polar surface area (TPSA) is 59.5 Å². The molecule has 102 valence electrons. The summed E-state index contributed by atoms with van der Waals surface area (Å²) in [5, 5.41) is 0.241. The smallest absolute Gasteiger partial charge is 0.417 e. The molecule has 2 amide bonds. The van der Waals surface area contributed by atoms with Gasteiger partial charge in [0, 0.05) is 5.56 Å². The molecule has 0 spiro atoms. The van der Waals surface area contributed by atoms with E-state index in [1.807, 2.05) is 0 Å². The lowest BCUT2D eigenvalue weighted by Gasteiger charge is -2.23. The van der Waals surface area contributed by atoms with Gasteiger partial charge in [-0.25, -0.2) is 14.7 Å². The highest BCUT2D eigenvalue weighted by Gasteiger charge is 2.36. The summed E-state index contributed by atoms with van der Waals surface area (Å²) in [6, 6.07) is 1.40. The van der Waals surface area contributed by atoms with E-state index in [-0.39, 0.29) is 22.4 Å². The van der Waals surface area contributed by atoms with Crippen LogP contribution < -0.4 is 0 Å². The summed E-state index contributed by atoms with van der Waals surface area (Å²) in [5.74, 6) is -0.476. The Labute approximate surface area is 120 Å². The van der Waals surface area contributed by atoms with Gasteiger partial charge in [0.2, 0.25) is 0 Å². The molecule has 0 atom stereocenters. The van der Waals surface area contributed by atoms with Gasteiger partial charge in [0.1, 0.15) is 15.9 Å². The fourth-order valence-electron chi connectivity index (χ4n) is 1.69. The molecule has 0 aromatic carbocycles. The van der Waals surface area contributed by atoms with E-state index in [0.717, 1.165) is 4.90 Å². The Balaban J connectivity index is 2.29. The molecule has 0 saturated carbocycles. The largest absolute Gasteiger partial charge is 0.443 e. The first-order valence-electron chi connectivity index (χ1n) is 5.59. The van der Waals surface area contributed by atoms with Gasteiger partial charge < -0.3 is 4.74 Å². The number of hydrogen-bond acceptors (Lipinski definition) is 4. The number of halogens is 2. The lowest BCUT2D eigenvalue weighted by atomic mass is 10.2. The van der Waals surface area contributed by atoms with Crippen molar-refractivity contribution in [1.29, 1.82) is 0 Å². The molecule has 19 heavy (non-hydrogen) atoms. The first-order valence-corrected chi connectivity index (χ1v) is 6.34. The van der Waals surface area contributed by atoms with Crippen LogP contribution in [0.3, 0.4) is 0 Å². The highest BCUT2D eigenvalue weighted by atomic mass is 35.5. The number of imide groups is 1. The van der Waals surface area contributed by atoms with Crippen LogP contribution in [-0.4, -0.2) is 27.5 Å². The number of nitrogens with zero attached hydrogens (tertiary/aromatic N) is 2. The summed E-state index contributed by atoms with van der Waals surface area (Å²) >= 11 is 11.7. The van der Waals surface area contributed by atoms with Crippen molar-refractivity contribution in [3.05, 3.63) is 27.5 Å². The zero-order valence-electron chi connectivity index (χ0n) is 10.7. The SMILES string of the molecule is CC(C)(C)OC(=O)N1Cc2c(cc(Cl)nc2Cl)C1=O. The third-order valence-electron chi connectivity index (χ3n) is 2.45. The van der Waals surface area contributed by atoms with Gasteiger partial charge in [-0.05, 0) is 26.8 Å². The fourth-order valence-corrected chi connectivity index (χ4v) is 2.18. The highest BCUT2D eigenvalue weighted by molar-refractivity contribution is 6.34. The van der Waals surface area contributed by atoms with Gasteiger partial charge in [0.05, 0.1) is 12.1 Å². The predicted octanol–water partition coefficient (Wildman–Crippen LogP) is 3.28. The Kier molecular flexibility index (Phi) is 3.45. The quantitative estimate of drug-likeness (QED) is 0.690. The first-order chi connectivity index (χ1) is 8.69. The van der Waals surface area contributed by atoms with Crippen molar-refractivity contribution < 1.29 is 14.3 Å². The van der Waals surface area contributed by atoms with Crippen molar-refractivity contribution >= 4 is 35.2 Å². The maximum Gasteiger partial charge on any atom is 0.417 e. The average Bonchev–Trinajstić information content (AvgIpc) is 2.54. The lowest BCUT2D eigenvalue weighted by molar-refractivity contribution is 0.0248. The molecule has 0 unspecified atom stereocenters. The van der Waals surface area contributed by atoms with E-state index in [2.05, 4.69) is 4.98 Å². The first kappa shape index (κ1) is 14.1. The maximum absolute atomic E-state index is 12.1. The molecule has 0 fully saturated rings.